The fourth-order valence-electron chi connectivity index (χ4n) is 9.27. The molecule has 0 radical (unpaired) electrons. The number of aromatic nitrogens is 2. The zero-order chi connectivity index (χ0) is 47.8. The number of rotatable bonds is 12. The van der Waals surface area contributed by atoms with Crippen LogP contribution in [0.5, 0.6) is 5.75 Å². The Bertz CT molecular complexity index is 2610. The van der Waals surface area contributed by atoms with Gasteiger partial charge < -0.3 is 29.4 Å². The van der Waals surface area contributed by atoms with Crippen molar-refractivity contribution in [3.8, 4) is 28.1 Å². The van der Waals surface area contributed by atoms with Crippen LogP contribution in [0.25, 0.3) is 33.3 Å². The lowest BCUT2D eigenvalue weighted by molar-refractivity contribution is -0.155. The highest BCUT2D eigenvalue weighted by Crippen LogP contribution is 2.42. The van der Waals surface area contributed by atoms with Gasteiger partial charge in [-0.05, 0) is 97.7 Å². The summed E-state index contributed by atoms with van der Waals surface area (Å²) in [6.45, 7) is 12.5. The number of carbonyl (C=O) groups is 4. The lowest BCUT2D eigenvalue weighted by atomic mass is 9.84. The van der Waals surface area contributed by atoms with Crippen LogP contribution in [0, 0.1) is 11.3 Å². The highest BCUT2D eigenvalue weighted by atomic mass is 32.2. The number of hydrazine groups is 1. The molecule has 4 aromatic rings. The van der Waals surface area contributed by atoms with E-state index in [4.69, 9.17) is 14.5 Å². The second-order valence-corrected chi connectivity index (χ2v) is 21.1. The van der Waals surface area contributed by atoms with Gasteiger partial charge in [-0.3, -0.25) is 34.5 Å². The summed E-state index contributed by atoms with van der Waals surface area (Å²) in [6.07, 6.45) is 2.83. The summed E-state index contributed by atoms with van der Waals surface area (Å²) in [6, 6.07) is 12.1. The molecule has 0 saturated carbocycles. The topological polar surface area (TPSA) is 215 Å². The van der Waals surface area contributed by atoms with E-state index < -0.39 is 75.1 Å². The Morgan fingerprint density at radius 3 is 2.52 bits per heavy atom. The van der Waals surface area contributed by atoms with Crippen molar-refractivity contribution in [3.05, 3.63) is 71.5 Å². The lowest BCUT2D eigenvalue weighted by Gasteiger charge is -2.37. The predicted octanol–water partition coefficient (Wildman–Crippen LogP) is 4.13. The minimum Gasteiger partial charge on any atom is -0.508 e. The Morgan fingerprint density at radius 1 is 1.09 bits per heavy atom. The number of aryl methyl sites for hydroxylation is 1. The fourth-order valence-corrected chi connectivity index (χ4v) is 10.5. The average Bonchev–Trinajstić information content (AvgIpc) is 4.11. The molecule has 3 aliphatic heterocycles. The number of ether oxygens (including phenoxy) is 2. The van der Waals surface area contributed by atoms with Crippen molar-refractivity contribution < 1.29 is 42.2 Å². The monoisotopic (exact) mass is 928 g/mol. The standard InChI is InChI=1S/C48H64N8O9S/c1-10-55-39-16-15-31-23-35(39)36(44(55)34-13-11-17-49-42(34)29(4)64-9)24-48(5,6)27-65-47(61)37-14-12-18-56(52-37)46(60)38(21-30-19-32(31)22-33(57)20-30)51-45(59)43(28(2)3)54(8)41(58)26-53(7)66(62,63)40-25-50-40/h11,13,15-17,19-20,22-23,28-29,37-38,40,43,50,52,57H,10,12,14,18,21,24-27H2,1-9H3,(H,51,59)/t29-,37-,38-,40-,43?/m0/s1. The predicted molar refractivity (Wildman–Crippen MR) is 250 cm³/mol. The second kappa shape index (κ2) is 19.4. The average molecular weight is 929 g/mol. The van der Waals surface area contributed by atoms with E-state index in [1.165, 1.54) is 24.0 Å². The number of pyridine rings is 1. The molecule has 18 heteroatoms. The van der Waals surface area contributed by atoms with Gasteiger partial charge in [0.15, 0.2) is 0 Å². The zero-order valence-corrected chi connectivity index (χ0v) is 40.2. The number of cyclic esters (lactones) is 1. The SMILES string of the molecule is CCn1c(-c2cccnc2[C@H](C)OC)c2c3cc(ccc31)-c1cc(O)cc(c1)C[C@H](NC(=O)C(C(C)C)N(C)C(=O)CN(C)S(=O)(=O)[C@H]1CN1)C(=O)N1CCC[C@H](N1)C(=O)OCC(C)(C)C2. The number of likely N-dealkylation sites (N-methyl/N-ethyl adjacent to an activating group) is 2. The van der Waals surface area contributed by atoms with E-state index in [1.807, 2.05) is 25.1 Å². The number of hydrogen-bond donors (Lipinski definition) is 4. The van der Waals surface area contributed by atoms with E-state index in [9.17, 15) is 32.7 Å². The Morgan fingerprint density at radius 2 is 1.83 bits per heavy atom. The number of benzene rings is 2. The lowest BCUT2D eigenvalue weighted by Crippen LogP contribution is -2.62. The summed E-state index contributed by atoms with van der Waals surface area (Å²) < 4.78 is 40.7. The number of nitrogens with zero attached hydrogens (tertiary/aromatic N) is 5. The first kappa shape index (κ1) is 48.5. The van der Waals surface area contributed by atoms with Crippen LogP contribution >= 0.6 is 0 Å². The minimum atomic E-state index is -3.76. The van der Waals surface area contributed by atoms with Gasteiger partial charge in [0.25, 0.3) is 5.91 Å². The van der Waals surface area contributed by atoms with Gasteiger partial charge in [0, 0.05) is 75.3 Å². The van der Waals surface area contributed by atoms with E-state index in [0.29, 0.717) is 43.5 Å². The third-order valence-electron chi connectivity index (χ3n) is 12.9. The van der Waals surface area contributed by atoms with Crippen molar-refractivity contribution in [2.75, 3.05) is 47.4 Å². The summed E-state index contributed by atoms with van der Waals surface area (Å²) in [7, 11) is 0.664. The third-order valence-corrected chi connectivity index (χ3v) is 15.0. The number of sulfonamides is 1. The number of fused-ring (bicyclic) bond motifs is 6. The number of amides is 3. The normalized spacial score (nSPS) is 21.0. The van der Waals surface area contributed by atoms with E-state index >= 15 is 0 Å². The van der Waals surface area contributed by atoms with Crippen LogP contribution in [0.3, 0.4) is 0 Å². The largest absolute Gasteiger partial charge is 0.508 e. The number of methoxy groups -OCH3 is 1. The summed E-state index contributed by atoms with van der Waals surface area (Å²) >= 11 is 0. The van der Waals surface area contributed by atoms with E-state index in [1.54, 1.807) is 39.3 Å². The molecule has 6 bridgehead atoms. The molecule has 2 aromatic heterocycles. The first-order valence-electron chi connectivity index (χ1n) is 22.7. The molecule has 2 saturated heterocycles. The smallest absolute Gasteiger partial charge is 0.324 e. The van der Waals surface area contributed by atoms with Gasteiger partial charge in [0.2, 0.25) is 21.8 Å². The van der Waals surface area contributed by atoms with Crippen LogP contribution in [0.4, 0.5) is 0 Å². The maximum Gasteiger partial charge on any atom is 0.324 e. The molecule has 17 nitrogen and oxygen atoms in total. The Hall–Kier alpha value is -5.40. The highest BCUT2D eigenvalue weighted by molar-refractivity contribution is 7.90. The van der Waals surface area contributed by atoms with Crippen LogP contribution in [-0.4, -0.2) is 132 Å². The molecule has 66 heavy (non-hydrogen) atoms. The van der Waals surface area contributed by atoms with Crippen molar-refractivity contribution in [3.63, 3.8) is 0 Å². The van der Waals surface area contributed by atoms with Crippen LogP contribution < -0.4 is 16.1 Å². The molecule has 7 rings (SSSR count). The van der Waals surface area contributed by atoms with Gasteiger partial charge in [-0.15, -0.1) is 0 Å². The van der Waals surface area contributed by atoms with Gasteiger partial charge in [-0.2, -0.15) is 4.31 Å². The molecule has 3 aliphatic rings. The molecule has 4 N–H and O–H groups in total. The van der Waals surface area contributed by atoms with Crippen LogP contribution in [0.2, 0.25) is 0 Å². The number of aromatic hydroxyl groups is 1. The molecule has 2 fully saturated rings. The molecule has 0 aliphatic carbocycles. The summed E-state index contributed by atoms with van der Waals surface area (Å²) in [5.74, 6) is -2.74. The van der Waals surface area contributed by atoms with Gasteiger partial charge in [-0.1, -0.05) is 39.8 Å². The van der Waals surface area contributed by atoms with Crippen LogP contribution in [-0.2, 0) is 58.1 Å². The number of phenolic OH excluding ortho intramolecular Hbond substituents is 1. The number of nitrogens with one attached hydrogen (secondary N) is 3. The van der Waals surface area contributed by atoms with Crippen LogP contribution in [0.1, 0.15) is 77.3 Å². The van der Waals surface area contributed by atoms with E-state index in [2.05, 4.69) is 59.6 Å². The van der Waals surface area contributed by atoms with Gasteiger partial charge in [0.05, 0.1) is 30.6 Å². The quantitative estimate of drug-likeness (QED) is 0.117. The Kier molecular flexibility index (Phi) is 14.3. The summed E-state index contributed by atoms with van der Waals surface area (Å²) in [5, 5.41) is 18.5. The van der Waals surface area contributed by atoms with Gasteiger partial charge in [0.1, 0.15) is 29.2 Å². The number of phenols is 1. The van der Waals surface area contributed by atoms with Crippen molar-refractivity contribution in [1.82, 2.24) is 39.8 Å². The summed E-state index contributed by atoms with van der Waals surface area (Å²) in [5.41, 5.74) is 9.31. The molecular formula is C48H64N8O9S. The maximum atomic E-state index is 14.7. The Balaban J connectivity index is 1.31. The van der Waals surface area contributed by atoms with Crippen LogP contribution in [0.15, 0.2) is 54.7 Å². The molecule has 2 aromatic carbocycles. The molecular weight excluding hydrogens is 865 g/mol. The first-order valence-corrected chi connectivity index (χ1v) is 24.2. The van der Waals surface area contributed by atoms with Gasteiger partial charge in [-0.25, -0.2) is 13.8 Å². The molecule has 5 heterocycles. The first-order chi connectivity index (χ1) is 31.2. The molecule has 5 atom stereocenters. The third kappa shape index (κ3) is 10.1. The second-order valence-electron chi connectivity index (χ2n) is 18.9. The zero-order valence-electron chi connectivity index (χ0n) is 39.4. The Labute approximate surface area is 387 Å². The molecule has 3 amide bonds. The number of hydrogen-bond acceptors (Lipinski definition) is 12. The minimum absolute atomic E-state index is 0.0407. The molecule has 0 spiro atoms. The number of esters is 1. The summed E-state index contributed by atoms with van der Waals surface area (Å²) in [4.78, 5) is 62.6. The maximum absolute atomic E-state index is 14.7. The van der Waals surface area contributed by atoms with Gasteiger partial charge >= 0.3 is 5.97 Å². The fraction of sp³-hybridized carbons (Fsp3) is 0.521. The van der Waals surface area contributed by atoms with Crippen molar-refractivity contribution >= 4 is 44.6 Å². The van der Waals surface area contributed by atoms with Crippen molar-refractivity contribution in [1.29, 1.82) is 0 Å². The highest BCUT2D eigenvalue weighted by Gasteiger charge is 2.41. The van der Waals surface area contributed by atoms with Crippen molar-refractivity contribution in [2.24, 2.45) is 11.3 Å². The van der Waals surface area contributed by atoms with Crippen molar-refractivity contribution in [2.45, 2.75) is 103 Å². The van der Waals surface area contributed by atoms with E-state index in [0.717, 1.165) is 43.3 Å². The van der Waals surface area contributed by atoms with E-state index in [-0.39, 0.29) is 31.4 Å². The number of carbonyl (C=O) groups excluding carboxylic acids is 4. The molecule has 1 unspecified atom stereocenters. The molecule has 356 valence electrons.